The lowest BCUT2D eigenvalue weighted by molar-refractivity contribution is 0.153. The maximum atomic E-state index is 6.01. The lowest BCUT2D eigenvalue weighted by atomic mass is 9.75. The summed E-state index contributed by atoms with van der Waals surface area (Å²) in [5, 5.41) is 6.83. The maximum absolute atomic E-state index is 6.01. The second-order valence-electron chi connectivity index (χ2n) is 8.50. The fourth-order valence-electron chi connectivity index (χ4n) is 4.73. The lowest BCUT2D eigenvalue weighted by Gasteiger charge is -2.46. The molecular formula is C29H40N4. The average molecular weight is 445 g/mol. The van der Waals surface area contributed by atoms with Crippen molar-refractivity contribution in [1.29, 1.82) is 0 Å². The molecule has 0 radical (unpaired) electrons. The van der Waals surface area contributed by atoms with Crippen molar-refractivity contribution in [2.45, 2.75) is 24.8 Å². The van der Waals surface area contributed by atoms with Gasteiger partial charge in [-0.1, -0.05) is 91.0 Å². The van der Waals surface area contributed by atoms with E-state index in [2.05, 4.69) is 107 Å². The van der Waals surface area contributed by atoms with Crippen LogP contribution in [0.1, 0.15) is 36.0 Å². The van der Waals surface area contributed by atoms with Crippen LogP contribution in [0.4, 0.5) is 0 Å². The molecule has 0 fully saturated rings. The Morgan fingerprint density at radius 2 is 1.09 bits per heavy atom. The van der Waals surface area contributed by atoms with E-state index in [0.29, 0.717) is 6.54 Å². The molecule has 0 unspecified atom stereocenters. The van der Waals surface area contributed by atoms with Crippen molar-refractivity contribution in [2.75, 3.05) is 46.3 Å². The van der Waals surface area contributed by atoms with Crippen molar-refractivity contribution in [3.05, 3.63) is 108 Å². The quantitative estimate of drug-likeness (QED) is 0.243. The first-order chi connectivity index (χ1) is 16.3. The van der Waals surface area contributed by atoms with Crippen LogP contribution in [0.2, 0.25) is 0 Å². The topological polar surface area (TPSA) is 53.3 Å². The van der Waals surface area contributed by atoms with Gasteiger partial charge >= 0.3 is 0 Å². The third-order valence-corrected chi connectivity index (χ3v) is 6.24. The van der Waals surface area contributed by atoms with Gasteiger partial charge in [0.25, 0.3) is 0 Å². The van der Waals surface area contributed by atoms with Crippen molar-refractivity contribution in [2.24, 2.45) is 5.73 Å². The zero-order valence-corrected chi connectivity index (χ0v) is 20.0. The van der Waals surface area contributed by atoms with Gasteiger partial charge in [0, 0.05) is 13.1 Å². The van der Waals surface area contributed by atoms with Crippen LogP contribution in [0.25, 0.3) is 0 Å². The first kappa shape index (κ1) is 25.1. The minimum absolute atomic E-state index is 0.370. The summed E-state index contributed by atoms with van der Waals surface area (Å²) >= 11 is 0. The Hall–Kier alpha value is -2.50. The molecule has 0 aliphatic heterocycles. The van der Waals surface area contributed by atoms with Crippen molar-refractivity contribution in [1.82, 2.24) is 15.5 Å². The van der Waals surface area contributed by atoms with Crippen LogP contribution >= 0.6 is 0 Å². The summed E-state index contributed by atoms with van der Waals surface area (Å²) in [5.41, 5.74) is 9.52. The van der Waals surface area contributed by atoms with Gasteiger partial charge in [0.2, 0.25) is 0 Å². The summed E-state index contributed by atoms with van der Waals surface area (Å²) in [7, 11) is 2.01. The van der Waals surface area contributed by atoms with Crippen LogP contribution in [-0.2, 0) is 5.54 Å². The van der Waals surface area contributed by atoms with E-state index >= 15 is 0 Å². The van der Waals surface area contributed by atoms with Crippen LogP contribution < -0.4 is 16.4 Å². The molecule has 0 heterocycles. The van der Waals surface area contributed by atoms with Gasteiger partial charge in [-0.15, -0.1) is 0 Å². The molecule has 0 aromatic heterocycles. The average Bonchev–Trinajstić information content (AvgIpc) is 2.88. The summed E-state index contributed by atoms with van der Waals surface area (Å²) < 4.78 is 0. The van der Waals surface area contributed by atoms with E-state index in [0.717, 1.165) is 52.0 Å². The monoisotopic (exact) mass is 444 g/mol. The molecule has 0 saturated carbocycles. The molecule has 3 aromatic carbocycles. The number of hydrogen-bond acceptors (Lipinski definition) is 4. The summed E-state index contributed by atoms with van der Waals surface area (Å²) in [4.78, 5) is 2.65. The van der Waals surface area contributed by atoms with Gasteiger partial charge in [-0.3, -0.25) is 4.90 Å². The molecule has 4 heteroatoms. The van der Waals surface area contributed by atoms with Gasteiger partial charge in [0.15, 0.2) is 0 Å². The molecular weight excluding hydrogens is 404 g/mol. The largest absolute Gasteiger partial charge is 0.330 e. The Kier molecular flexibility index (Phi) is 10.6. The van der Waals surface area contributed by atoms with Crippen LogP contribution in [-0.4, -0.2) is 51.2 Å². The molecule has 0 atom stereocenters. The third-order valence-electron chi connectivity index (χ3n) is 6.24. The smallest absolute Gasteiger partial charge is 0.0972 e. The number of nitrogens with zero attached hydrogens (tertiary/aromatic N) is 1. The van der Waals surface area contributed by atoms with Crippen LogP contribution in [0.3, 0.4) is 0 Å². The number of rotatable bonds is 15. The maximum Gasteiger partial charge on any atom is 0.0972 e. The number of hydrogen-bond donors (Lipinski definition) is 3. The van der Waals surface area contributed by atoms with Gasteiger partial charge in [-0.05, 0) is 69.2 Å². The highest BCUT2D eigenvalue weighted by Crippen LogP contribution is 2.42. The molecule has 0 bridgehead atoms. The second kappa shape index (κ2) is 13.9. The Labute approximate surface area is 200 Å². The number of nitrogens with two attached hydrogens (primary N) is 1. The summed E-state index contributed by atoms with van der Waals surface area (Å²) in [6.45, 7) is 5.72. The van der Waals surface area contributed by atoms with E-state index in [1.165, 1.54) is 16.7 Å². The van der Waals surface area contributed by atoms with Crippen molar-refractivity contribution in [3.63, 3.8) is 0 Å². The molecule has 3 rings (SSSR count). The Morgan fingerprint density at radius 3 is 1.55 bits per heavy atom. The molecule has 0 aliphatic rings. The lowest BCUT2D eigenvalue weighted by Crippen LogP contribution is -2.49. The minimum atomic E-state index is -0.370. The molecule has 0 spiro atoms. The van der Waals surface area contributed by atoms with Crippen molar-refractivity contribution in [3.8, 4) is 0 Å². The van der Waals surface area contributed by atoms with Crippen molar-refractivity contribution >= 4 is 0 Å². The van der Waals surface area contributed by atoms with Crippen LogP contribution in [0.15, 0.2) is 91.0 Å². The first-order valence-corrected chi connectivity index (χ1v) is 12.3. The molecule has 176 valence electrons. The molecule has 4 N–H and O–H groups in total. The summed E-state index contributed by atoms with van der Waals surface area (Å²) in [5.74, 6) is 0. The molecule has 0 aliphatic carbocycles. The van der Waals surface area contributed by atoms with Gasteiger partial charge < -0.3 is 16.4 Å². The van der Waals surface area contributed by atoms with Gasteiger partial charge in [-0.2, -0.15) is 0 Å². The number of nitrogens with one attached hydrogen (secondary N) is 2. The third kappa shape index (κ3) is 6.52. The second-order valence-corrected chi connectivity index (χ2v) is 8.50. The normalized spacial score (nSPS) is 11.7. The minimum Gasteiger partial charge on any atom is -0.330 e. The standard InChI is InChI=1S/C29H40N4/c1-31-21-12-22-32-23-13-25-33(24-11-20-30)29(26-14-5-2-6-15-26,27-16-7-3-8-17-27)28-18-9-4-10-19-28/h2-10,14-19,31-32H,11-13,20-25,30H2,1H3. The van der Waals surface area contributed by atoms with Crippen LogP contribution in [0, 0.1) is 0 Å². The Balaban J connectivity index is 2.01. The SMILES string of the molecule is CNCCCNCCCN(CCCN)C(c1ccccc1)(c1ccccc1)c1ccccc1. The Bertz CT molecular complexity index is 787. The van der Waals surface area contributed by atoms with E-state index in [4.69, 9.17) is 5.73 Å². The van der Waals surface area contributed by atoms with E-state index in [1.54, 1.807) is 0 Å². The predicted octanol–water partition coefficient (Wildman–Crippen LogP) is 4.22. The van der Waals surface area contributed by atoms with E-state index < -0.39 is 0 Å². The molecule has 0 amide bonds. The van der Waals surface area contributed by atoms with E-state index in [-0.39, 0.29) is 5.54 Å². The molecule has 33 heavy (non-hydrogen) atoms. The zero-order chi connectivity index (χ0) is 23.2. The molecule has 0 saturated heterocycles. The van der Waals surface area contributed by atoms with Crippen LogP contribution in [0.5, 0.6) is 0 Å². The highest BCUT2D eigenvalue weighted by molar-refractivity contribution is 5.49. The highest BCUT2D eigenvalue weighted by Gasteiger charge is 2.41. The van der Waals surface area contributed by atoms with Crippen molar-refractivity contribution < 1.29 is 0 Å². The fraction of sp³-hybridized carbons (Fsp3) is 0.379. The van der Waals surface area contributed by atoms with Gasteiger partial charge in [-0.25, -0.2) is 0 Å². The van der Waals surface area contributed by atoms with Gasteiger partial charge in [0.05, 0.1) is 5.54 Å². The fourth-order valence-corrected chi connectivity index (χ4v) is 4.73. The Morgan fingerprint density at radius 1 is 0.636 bits per heavy atom. The van der Waals surface area contributed by atoms with E-state index in [1.807, 2.05) is 7.05 Å². The van der Waals surface area contributed by atoms with Gasteiger partial charge in [0.1, 0.15) is 0 Å². The molecule has 3 aromatic rings. The zero-order valence-electron chi connectivity index (χ0n) is 20.0. The predicted molar refractivity (Wildman–Crippen MR) is 140 cm³/mol. The number of benzene rings is 3. The summed E-state index contributed by atoms with van der Waals surface area (Å²) in [6.07, 6.45) is 3.19. The highest BCUT2D eigenvalue weighted by atomic mass is 15.2. The first-order valence-electron chi connectivity index (χ1n) is 12.3. The van der Waals surface area contributed by atoms with E-state index in [9.17, 15) is 0 Å². The summed E-state index contributed by atoms with van der Waals surface area (Å²) in [6, 6.07) is 32.8. The molecule has 4 nitrogen and oxygen atoms in total.